The van der Waals surface area contributed by atoms with Gasteiger partial charge in [-0.25, -0.2) is 0 Å². The fraction of sp³-hybridized carbons (Fsp3) is 0.0833. The topological polar surface area (TPSA) is 54.1 Å². The molecule has 0 atom stereocenters. The second-order valence-corrected chi connectivity index (χ2v) is 3.36. The Morgan fingerprint density at radius 1 is 1.25 bits per heavy atom. The predicted molar refractivity (Wildman–Crippen MR) is 56.9 cm³/mol. The standard InChI is InChI=1S/C12H10N2O2/c15-11-4-2-1-3-10(11)12(16)9-14-7-5-13-6-8-14/h1-8H,9H2/p+1. The first-order valence-corrected chi connectivity index (χ1v) is 4.87. The Kier molecular flexibility index (Phi) is 2.91. The number of phenols is 1. The number of hydrogen-bond donors (Lipinski definition) is 1. The highest BCUT2D eigenvalue weighted by molar-refractivity contribution is 5.97. The number of rotatable bonds is 3. The van der Waals surface area contributed by atoms with Crippen molar-refractivity contribution in [2.24, 2.45) is 0 Å². The number of nitrogens with zero attached hydrogens (tertiary/aromatic N) is 2. The quantitative estimate of drug-likeness (QED) is 0.612. The molecule has 0 aliphatic carbocycles. The summed E-state index contributed by atoms with van der Waals surface area (Å²) in [6.45, 7) is 0.195. The maximum absolute atomic E-state index is 11.8. The van der Waals surface area contributed by atoms with Crippen molar-refractivity contribution >= 4 is 5.78 Å². The van der Waals surface area contributed by atoms with Crippen molar-refractivity contribution in [3.8, 4) is 5.75 Å². The van der Waals surface area contributed by atoms with Gasteiger partial charge in [-0.15, -0.1) is 0 Å². The minimum Gasteiger partial charge on any atom is -0.507 e. The van der Waals surface area contributed by atoms with Gasteiger partial charge in [0, 0.05) is 0 Å². The van der Waals surface area contributed by atoms with Crippen molar-refractivity contribution in [2.75, 3.05) is 0 Å². The van der Waals surface area contributed by atoms with Crippen LogP contribution in [-0.4, -0.2) is 15.9 Å². The van der Waals surface area contributed by atoms with Gasteiger partial charge >= 0.3 is 0 Å². The zero-order valence-electron chi connectivity index (χ0n) is 8.58. The van der Waals surface area contributed by atoms with Crippen LogP contribution in [0.1, 0.15) is 10.4 Å². The molecule has 4 heteroatoms. The summed E-state index contributed by atoms with van der Waals surface area (Å²) in [5.41, 5.74) is 0.340. The second kappa shape index (κ2) is 4.53. The zero-order chi connectivity index (χ0) is 11.4. The molecule has 0 unspecified atom stereocenters. The average Bonchev–Trinajstić information content (AvgIpc) is 2.31. The van der Waals surface area contributed by atoms with Gasteiger partial charge in [-0.1, -0.05) is 12.1 Å². The summed E-state index contributed by atoms with van der Waals surface area (Å²) in [6.07, 6.45) is 6.63. The van der Waals surface area contributed by atoms with E-state index in [2.05, 4.69) is 4.98 Å². The molecule has 80 valence electrons. The molecule has 0 amide bonds. The molecule has 0 saturated carbocycles. The van der Waals surface area contributed by atoms with Gasteiger partial charge in [0.15, 0.2) is 12.4 Å². The number of carbonyl (C=O) groups excluding carboxylic acids is 1. The number of carbonyl (C=O) groups is 1. The summed E-state index contributed by atoms with van der Waals surface area (Å²) in [7, 11) is 0. The van der Waals surface area contributed by atoms with E-state index in [-0.39, 0.29) is 18.1 Å². The summed E-state index contributed by atoms with van der Waals surface area (Å²) >= 11 is 0. The van der Waals surface area contributed by atoms with Crippen LogP contribution in [0.4, 0.5) is 0 Å². The van der Waals surface area contributed by atoms with Crippen molar-refractivity contribution in [1.82, 2.24) is 4.98 Å². The molecule has 0 spiro atoms. The summed E-state index contributed by atoms with van der Waals surface area (Å²) < 4.78 is 1.71. The van der Waals surface area contributed by atoms with E-state index in [0.29, 0.717) is 5.56 Å². The van der Waals surface area contributed by atoms with E-state index < -0.39 is 0 Å². The van der Waals surface area contributed by atoms with Crippen LogP contribution < -0.4 is 4.57 Å². The fourth-order valence-corrected chi connectivity index (χ4v) is 1.41. The lowest BCUT2D eigenvalue weighted by molar-refractivity contribution is -0.683. The van der Waals surface area contributed by atoms with Gasteiger partial charge in [0.2, 0.25) is 12.3 Å². The van der Waals surface area contributed by atoms with Crippen LogP contribution in [0, 0.1) is 0 Å². The minimum atomic E-state index is -0.130. The van der Waals surface area contributed by atoms with Gasteiger partial charge in [0.25, 0.3) is 0 Å². The van der Waals surface area contributed by atoms with E-state index in [9.17, 15) is 9.90 Å². The van der Waals surface area contributed by atoms with Crippen LogP contribution in [0.3, 0.4) is 0 Å². The lowest BCUT2D eigenvalue weighted by Crippen LogP contribution is -2.37. The molecule has 1 aromatic heterocycles. The summed E-state index contributed by atoms with van der Waals surface area (Å²) in [5, 5.41) is 9.52. The van der Waals surface area contributed by atoms with Crippen molar-refractivity contribution in [1.29, 1.82) is 0 Å². The lowest BCUT2D eigenvalue weighted by Gasteiger charge is -2.00. The number of Topliss-reactive ketones (excluding diaryl/α,β-unsaturated/α-hetero) is 1. The first kappa shape index (κ1) is 10.3. The SMILES string of the molecule is O=C(C[n+]1ccncc1)c1ccccc1O. The van der Waals surface area contributed by atoms with Crippen molar-refractivity contribution in [2.45, 2.75) is 6.54 Å². The molecule has 1 aromatic carbocycles. The number of benzene rings is 1. The van der Waals surface area contributed by atoms with Crippen LogP contribution in [0.2, 0.25) is 0 Å². The molecule has 0 aliphatic heterocycles. The highest BCUT2D eigenvalue weighted by Crippen LogP contribution is 2.15. The molecular formula is C12H11N2O2+. The molecule has 1 N–H and O–H groups in total. The number of phenolic OH excluding ortho intramolecular Hbond substituents is 1. The van der Waals surface area contributed by atoms with E-state index in [1.165, 1.54) is 6.07 Å². The Hall–Kier alpha value is -2.23. The summed E-state index contributed by atoms with van der Waals surface area (Å²) in [6, 6.07) is 6.53. The largest absolute Gasteiger partial charge is 0.507 e. The maximum atomic E-state index is 11.8. The minimum absolute atomic E-state index is 0.0159. The Bertz CT molecular complexity index is 497. The number of hydrogen-bond acceptors (Lipinski definition) is 3. The van der Waals surface area contributed by atoms with Gasteiger partial charge in [-0.05, 0) is 12.1 Å². The third-order valence-electron chi connectivity index (χ3n) is 2.22. The molecule has 4 nitrogen and oxygen atoms in total. The summed E-state index contributed by atoms with van der Waals surface area (Å²) in [5.74, 6) is -0.114. The monoisotopic (exact) mass is 215 g/mol. The number of aromatic hydroxyl groups is 1. The number of para-hydroxylation sites is 1. The van der Waals surface area contributed by atoms with Crippen molar-refractivity contribution < 1.29 is 14.5 Å². The molecule has 0 saturated heterocycles. The molecule has 0 bridgehead atoms. The van der Waals surface area contributed by atoms with E-state index in [1.54, 1.807) is 47.6 Å². The van der Waals surface area contributed by atoms with E-state index in [4.69, 9.17) is 0 Å². The second-order valence-electron chi connectivity index (χ2n) is 3.36. The molecule has 0 aliphatic rings. The lowest BCUT2D eigenvalue weighted by atomic mass is 10.1. The van der Waals surface area contributed by atoms with Crippen LogP contribution in [-0.2, 0) is 6.54 Å². The highest BCUT2D eigenvalue weighted by atomic mass is 16.3. The van der Waals surface area contributed by atoms with Crippen LogP contribution in [0.5, 0.6) is 5.75 Å². The van der Waals surface area contributed by atoms with Gasteiger partial charge in [0.05, 0.1) is 18.0 Å². The van der Waals surface area contributed by atoms with Gasteiger partial charge in [-0.2, -0.15) is 4.57 Å². The molecular weight excluding hydrogens is 204 g/mol. The van der Waals surface area contributed by atoms with Gasteiger partial charge in [0.1, 0.15) is 5.75 Å². The van der Waals surface area contributed by atoms with E-state index in [0.717, 1.165) is 0 Å². The maximum Gasteiger partial charge on any atom is 0.231 e. The highest BCUT2D eigenvalue weighted by Gasteiger charge is 2.14. The summed E-state index contributed by atoms with van der Waals surface area (Å²) in [4.78, 5) is 15.7. The Morgan fingerprint density at radius 2 is 1.94 bits per heavy atom. The Morgan fingerprint density at radius 3 is 2.62 bits per heavy atom. The first-order chi connectivity index (χ1) is 7.77. The molecule has 16 heavy (non-hydrogen) atoms. The normalized spacial score (nSPS) is 10.0. The van der Waals surface area contributed by atoms with E-state index >= 15 is 0 Å². The smallest absolute Gasteiger partial charge is 0.231 e. The van der Waals surface area contributed by atoms with E-state index in [1.807, 2.05) is 0 Å². The number of ketones is 1. The van der Waals surface area contributed by atoms with Crippen LogP contribution >= 0.6 is 0 Å². The van der Waals surface area contributed by atoms with Gasteiger partial charge in [-0.3, -0.25) is 9.78 Å². The fourth-order valence-electron chi connectivity index (χ4n) is 1.41. The van der Waals surface area contributed by atoms with Crippen LogP contribution in [0.25, 0.3) is 0 Å². The molecule has 1 heterocycles. The molecule has 0 radical (unpaired) electrons. The first-order valence-electron chi connectivity index (χ1n) is 4.87. The molecule has 2 rings (SSSR count). The van der Waals surface area contributed by atoms with Gasteiger partial charge < -0.3 is 5.11 Å². The predicted octanol–water partition coefficient (Wildman–Crippen LogP) is 0.958. The van der Waals surface area contributed by atoms with Crippen molar-refractivity contribution in [3.05, 3.63) is 54.6 Å². The molecule has 0 fully saturated rings. The third kappa shape index (κ3) is 2.23. The Labute approximate surface area is 92.8 Å². The van der Waals surface area contributed by atoms with Crippen LogP contribution in [0.15, 0.2) is 49.1 Å². The average molecular weight is 215 g/mol. The number of aromatic nitrogens is 2. The molecule has 2 aromatic rings. The Balaban J connectivity index is 2.19. The zero-order valence-corrected chi connectivity index (χ0v) is 8.58. The van der Waals surface area contributed by atoms with Crippen molar-refractivity contribution in [3.63, 3.8) is 0 Å². The third-order valence-corrected chi connectivity index (χ3v) is 2.22.